The van der Waals surface area contributed by atoms with Crippen molar-refractivity contribution in [2.75, 3.05) is 10.6 Å². The van der Waals surface area contributed by atoms with E-state index in [1.807, 2.05) is 19.9 Å². The number of nitrogens with one attached hydrogen (secondary N) is 3. The second kappa shape index (κ2) is 7.34. The molecule has 2 aromatic rings. The van der Waals surface area contributed by atoms with Crippen LogP contribution in [0.4, 0.5) is 22.0 Å². The average molecular weight is 326 g/mol. The Morgan fingerprint density at radius 3 is 2.12 bits per heavy atom. The van der Waals surface area contributed by atoms with Crippen molar-refractivity contribution in [1.82, 2.24) is 10.3 Å². The van der Waals surface area contributed by atoms with Gasteiger partial charge in [0, 0.05) is 11.7 Å². The molecule has 128 valence electrons. The number of benzene rings is 1. The number of hydrogen-bond acceptors (Lipinski definition) is 3. The molecule has 0 aliphatic heterocycles. The Bertz CT molecular complexity index is 670. The summed E-state index contributed by atoms with van der Waals surface area (Å²) in [5.74, 6) is 0.516. The normalized spacial score (nSPS) is 11.2. The van der Waals surface area contributed by atoms with Gasteiger partial charge in [0.25, 0.3) is 0 Å². The minimum Gasteiger partial charge on any atom is -0.354 e. The number of amides is 2. The number of anilines is 3. The van der Waals surface area contributed by atoms with Crippen LogP contribution in [0.2, 0.25) is 0 Å². The highest BCUT2D eigenvalue weighted by molar-refractivity contribution is 5.88. The van der Waals surface area contributed by atoms with Crippen LogP contribution in [0.5, 0.6) is 0 Å². The topological polar surface area (TPSA) is 66.1 Å². The van der Waals surface area contributed by atoms with Gasteiger partial charge in [0.15, 0.2) is 0 Å². The van der Waals surface area contributed by atoms with Crippen molar-refractivity contribution in [2.24, 2.45) is 0 Å². The number of rotatable bonds is 4. The molecule has 0 saturated heterocycles. The standard InChI is InChI=1S/C19H26N4O/c1-13(2)21-18(24)23-17-11-10-16(12-20-17)22-15-8-6-14(7-9-15)19(3,4)5/h6-13,22H,1-5H3,(H2,20,21,23,24). The maximum Gasteiger partial charge on any atom is 0.320 e. The number of pyridine rings is 1. The van der Waals surface area contributed by atoms with Crippen LogP contribution in [-0.4, -0.2) is 17.1 Å². The summed E-state index contributed by atoms with van der Waals surface area (Å²) in [5.41, 5.74) is 3.31. The fourth-order valence-electron chi connectivity index (χ4n) is 2.18. The zero-order chi connectivity index (χ0) is 17.7. The minimum atomic E-state index is -0.254. The van der Waals surface area contributed by atoms with Crippen LogP contribution >= 0.6 is 0 Å². The van der Waals surface area contributed by atoms with Crippen LogP contribution < -0.4 is 16.0 Å². The van der Waals surface area contributed by atoms with Crippen molar-refractivity contribution in [1.29, 1.82) is 0 Å². The Hall–Kier alpha value is -2.56. The highest BCUT2D eigenvalue weighted by Gasteiger charge is 2.12. The Morgan fingerprint density at radius 1 is 1.00 bits per heavy atom. The largest absolute Gasteiger partial charge is 0.354 e. The minimum absolute atomic E-state index is 0.0852. The van der Waals surface area contributed by atoms with Gasteiger partial charge in [-0.3, -0.25) is 5.32 Å². The number of carbonyl (C=O) groups is 1. The summed E-state index contributed by atoms with van der Waals surface area (Å²) in [6.07, 6.45) is 1.70. The maximum atomic E-state index is 11.6. The van der Waals surface area contributed by atoms with Gasteiger partial charge in [-0.15, -0.1) is 0 Å². The molecule has 5 nitrogen and oxygen atoms in total. The van der Waals surface area contributed by atoms with Crippen molar-refractivity contribution in [3.8, 4) is 0 Å². The molecule has 1 heterocycles. The SMILES string of the molecule is CC(C)NC(=O)Nc1ccc(Nc2ccc(C(C)(C)C)cc2)cn1. The van der Waals surface area contributed by atoms with Crippen LogP contribution in [0.25, 0.3) is 0 Å². The summed E-state index contributed by atoms with van der Waals surface area (Å²) < 4.78 is 0. The van der Waals surface area contributed by atoms with Gasteiger partial charge in [-0.25, -0.2) is 9.78 Å². The van der Waals surface area contributed by atoms with E-state index in [4.69, 9.17) is 0 Å². The van der Waals surface area contributed by atoms with Gasteiger partial charge < -0.3 is 10.6 Å². The highest BCUT2D eigenvalue weighted by atomic mass is 16.2. The first kappa shape index (κ1) is 17.8. The second-order valence-corrected chi connectivity index (χ2v) is 7.14. The second-order valence-electron chi connectivity index (χ2n) is 7.14. The molecule has 1 aromatic heterocycles. The molecule has 5 heteroatoms. The first-order valence-corrected chi connectivity index (χ1v) is 8.15. The summed E-state index contributed by atoms with van der Waals surface area (Å²) in [6, 6.07) is 11.9. The number of nitrogens with zero attached hydrogens (tertiary/aromatic N) is 1. The van der Waals surface area contributed by atoms with E-state index in [0.29, 0.717) is 5.82 Å². The maximum absolute atomic E-state index is 11.6. The molecular weight excluding hydrogens is 300 g/mol. The molecule has 0 aliphatic carbocycles. The summed E-state index contributed by atoms with van der Waals surface area (Å²) in [5, 5.41) is 8.76. The Kier molecular flexibility index (Phi) is 5.44. The quantitative estimate of drug-likeness (QED) is 0.766. The van der Waals surface area contributed by atoms with Crippen LogP contribution in [0.1, 0.15) is 40.2 Å². The Balaban J connectivity index is 1.97. The number of hydrogen-bond donors (Lipinski definition) is 3. The summed E-state index contributed by atoms with van der Waals surface area (Å²) in [4.78, 5) is 15.9. The lowest BCUT2D eigenvalue weighted by molar-refractivity contribution is 0.250. The monoisotopic (exact) mass is 326 g/mol. The summed E-state index contributed by atoms with van der Waals surface area (Å²) >= 11 is 0. The lowest BCUT2D eigenvalue weighted by Crippen LogP contribution is -2.34. The average Bonchev–Trinajstić information content (AvgIpc) is 2.48. The van der Waals surface area contributed by atoms with Crippen molar-refractivity contribution in [3.05, 3.63) is 48.2 Å². The van der Waals surface area contributed by atoms with E-state index < -0.39 is 0 Å². The zero-order valence-corrected chi connectivity index (χ0v) is 15.0. The van der Waals surface area contributed by atoms with Crippen molar-refractivity contribution in [3.63, 3.8) is 0 Å². The third-order valence-corrected chi connectivity index (χ3v) is 3.46. The third kappa shape index (κ3) is 5.26. The van der Waals surface area contributed by atoms with Crippen molar-refractivity contribution < 1.29 is 4.79 Å². The lowest BCUT2D eigenvalue weighted by atomic mass is 9.87. The van der Waals surface area contributed by atoms with E-state index in [1.165, 1.54) is 5.56 Å². The van der Waals surface area contributed by atoms with Gasteiger partial charge in [-0.1, -0.05) is 32.9 Å². The molecule has 0 saturated carbocycles. The van der Waals surface area contributed by atoms with Crippen LogP contribution in [-0.2, 0) is 5.41 Å². The fraction of sp³-hybridized carbons (Fsp3) is 0.368. The van der Waals surface area contributed by atoms with Crippen LogP contribution in [0.15, 0.2) is 42.6 Å². The van der Waals surface area contributed by atoms with Gasteiger partial charge in [-0.2, -0.15) is 0 Å². The van der Waals surface area contributed by atoms with E-state index in [1.54, 1.807) is 12.3 Å². The van der Waals surface area contributed by atoms with Gasteiger partial charge in [0.2, 0.25) is 0 Å². The molecule has 2 rings (SSSR count). The van der Waals surface area contributed by atoms with Crippen LogP contribution in [0.3, 0.4) is 0 Å². The van der Waals surface area contributed by atoms with E-state index in [-0.39, 0.29) is 17.5 Å². The third-order valence-electron chi connectivity index (χ3n) is 3.46. The Labute approximate surface area is 143 Å². The van der Waals surface area contributed by atoms with E-state index in [9.17, 15) is 4.79 Å². The molecule has 0 unspecified atom stereocenters. The van der Waals surface area contributed by atoms with Crippen molar-refractivity contribution in [2.45, 2.75) is 46.1 Å². The Morgan fingerprint density at radius 2 is 1.62 bits per heavy atom. The predicted octanol–water partition coefficient (Wildman–Crippen LogP) is 4.65. The van der Waals surface area contributed by atoms with Gasteiger partial charge >= 0.3 is 6.03 Å². The number of aromatic nitrogens is 1. The smallest absolute Gasteiger partial charge is 0.320 e. The molecule has 0 bridgehead atoms. The van der Waals surface area contributed by atoms with Crippen LogP contribution in [0, 0.1) is 0 Å². The molecular formula is C19H26N4O. The molecule has 0 spiro atoms. The summed E-state index contributed by atoms with van der Waals surface area (Å²) in [6.45, 7) is 10.4. The molecule has 0 aliphatic rings. The first-order valence-electron chi connectivity index (χ1n) is 8.15. The van der Waals surface area contributed by atoms with E-state index in [0.717, 1.165) is 11.4 Å². The number of carbonyl (C=O) groups excluding carboxylic acids is 1. The molecule has 0 radical (unpaired) electrons. The van der Waals surface area contributed by atoms with Crippen molar-refractivity contribution >= 4 is 23.2 Å². The van der Waals surface area contributed by atoms with Gasteiger partial charge in [0.05, 0.1) is 11.9 Å². The molecule has 0 fully saturated rings. The highest BCUT2D eigenvalue weighted by Crippen LogP contribution is 2.24. The van der Waals surface area contributed by atoms with Gasteiger partial charge in [-0.05, 0) is 49.1 Å². The summed E-state index contributed by atoms with van der Waals surface area (Å²) in [7, 11) is 0. The molecule has 24 heavy (non-hydrogen) atoms. The number of urea groups is 1. The molecule has 0 atom stereocenters. The fourth-order valence-corrected chi connectivity index (χ4v) is 2.18. The molecule has 3 N–H and O–H groups in total. The van der Waals surface area contributed by atoms with E-state index >= 15 is 0 Å². The molecule has 2 amide bonds. The lowest BCUT2D eigenvalue weighted by Gasteiger charge is -2.19. The first-order chi connectivity index (χ1) is 11.2. The zero-order valence-electron chi connectivity index (χ0n) is 15.0. The van der Waals surface area contributed by atoms with E-state index in [2.05, 4.69) is 66.0 Å². The predicted molar refractivity (Wildman–Crippen MR) is 100.0 cm³/mol. The van der Waals surface area contributed by atoms with Gasteiger partial charge in [0.1, 0.15) is 5.82 Å². The molecule has 1 aromatic carbocycles.